The Kier molecular flexibility index (Phi) is 4.32. The van der Waals surface area contributed by atoms with Gasteiger partial charge in [-0.3, -0.25) is 0 Å². The van der Waals surface area contributed by atoms with Crippen LogP contribution >= 0.6 is 0 Å². The van der Waals surface area contributed by atoms with Crippen molar-refractivity contribution < 1.29 is 13.2 Å². The van der Waals surface area contributed by atoms with Crippen LogP contribution in [0.3, 0.4) is 0 Å². The summed E-state index contributed by atoms with van der Waals surface area (Å²) < 4.78 is 39.6. The van der Waals surface area contributed by atoms with Crippen LogP contribution in [0.15, 0.2) is 24.3 Å². The van der Waals surface area contributed by atoms with Crippen molar-refractivity contribution in [2.24, 2.45) is 0 Å². The molecule has 2 rings (SSSR count). The molecule has 0 aliphatic heterocycles. The molecule has 0 bridgehead atoms. The monoisotopic (exact) mass is 285 g/mol. The van der Waals surface area contributed by atoms with E-state index in [1.807, 2.05) is 13.8 Å². The van der Waals surface area contributed by atoms with Gasteiger partial charge in [0.1, 0.15) is 12.4 Å². The number of rotatable bonds is 5. The van der Waals surface area contributed by atoms with Gasteiger partial charge in [0, 0.05) is 0 Å². The number of nitrogens with zero attached hydrogens (tertiary/aromatic N) is 2. The molecule has 1 aromatic carbocycles. The fourth-order valence-corrected chi connectivity index (χ4v) is 2.22. The Morgan fingerprint density at radius 1 is 1.30 bits per heavy atom. The van der Waals surface area contributed by atoms with Gasteiger partial charge in [-0.2, -0.15) is 13.2 Å². The van der Waals surface area contributed by atoms with Crippen LogP contribution in [0, 0.1) is 0 Å². The molecule has 0 saturated heterocycles. The second kappa shape index (κ2) is 5.83. The number of halogens is 3. The summed E-state index contributed by atoms with van der Waals surface area (Å²) in [7, 11) is 0. The predicted molar refractivity (Wildman–Crippen MR) is 72.5 cm³/mol. The van der Waals surface area contributed by atoms with Gasteiger partial charge in [-0.1, -0.05) is 19.1 Å². The molecule has 1 aromatic heterocycles. The highest BCUT2D eigenvalue weighted by Gasteiger charge is 2.31. The largest absolute Gasteiger partial charge is 0.406 e. The van der Waals surface area contributed by atoms with E-state index in [9.17, 15) is 13.2 Å². The molecule has 1 atom stereocenters. The Labute approximate surface area is 115 Å². The smallest absolute Gasteiger partial charge is 0.317 e. The van der Waals surface area contributed by atoms with Gasteiger partial charge < -0.3 is 9.88 Å². The average molecular weight is 285 g/mol. The number of hydrogen-bond acceptors (Lipinski definition) is 2. The highest BCUT2D eigenvalue weighted by Crippen LogP contribution is 2.26. The maximum Gasteiger partial charge on any atom is 0.406 e. The van der Waals surface area contributed by atoms with E-state index in [-0.39, 0.29) is 6.04 Å². The third kappa shape index (κ3) is 3.30. The molecule has 1 unspecified atom stereocenters. The number of imidazole rings is 1. The number of alkyl halides is 3. The summed E-state index contributed by atoms with van der Waals surface area (Å²) in [6.45, 7) is 3.58. The predicted octanol–water partition coefficient (Wildman–Crippen LogP) is 3.66. The average Bonchev–Trinajstić information content (AvgIpc) is 2.73. The fourth-order valence-electron chi connectivity index (χ4n) is 2.22. The first-order valence-corrected chi connectivity index (χ1v) is 6.67. The minimum Gasteiger partial charge on any atom is -0.317 e. The first kappa shape index (κ1) is 14.8. The van der Waals surface area contributed by atoms with Crippen molar-refractivity contribution >= 4 is 11.0 Å². The van der Waals surface area contributed by atoms with Gasteiger partial charge in [0.2, 0.25) is 0 Å². The topological polar surface area (TPSA) is 29.9 Å². The van der Waals surface area contributed by atoms with Gasteiger partial charge >= 0.3 is 6.18 Å². The number of benzene rings is 1. The Morgan fingerprint density at radius 3 is 2.65 bits per heavy atom. The number of para-hydroxylation sites is 2. The molecule has 0 aliphatic rings. The molecule has 3 nitrogen and oxygen atoms in total. The summed E-state index contributed by atoms with van der Waals surface area (Å²) in [5.74, 6) is 0.428. The maximum atomic E-state index is 12.8. The number of nitrogens with one attached hydrogen (secondary N) is 1. The number of hydrogen-bond donors (Lipinski definition) is 1. The Morgan fingerprint density at radius 2 is 2.00 bits per heavy atom. The van der Waals surface area contributed by atoms with Crippen LogP contribution in [0.25, 0.3) is 11.0 Å². The van der Waals surface area contributed by atoms with E-state index < -0.39 is 12.7 Å². The summed E-state index contributed by atoms with van der Waals surface area (Å²) in [6, 6.07) is 6.69. The van der Waals surface area contributed by atoms with Crippen LogP contribution in [0.4, 0.5) is 13.2 Å². The maximum absolute atomic E-state index is 12.8. The molecule has 0 radical (unpaired) electrons. The van der Waals surface area contributed by atoms with Crippen molar-refractivity contribution in [3.63, 3.8) is 0 Å². The molecular formula is C14H18F3N3. The van der Waals surface area contributed by atoms with Crippen LogP contribution in [-0.4, -0.2) is 22.3 Å². The van der Waals surface area contributed by atoms with Gasteiger partial charge in [-0.25, -0.2) is 4.98 Å². The number of fused-ring (bicyclic) bond motifs is 1. The molecule has 0 saturated carbocycles. The molecular weight excluding hydrogens is 267 g/mol. The van der Waals surface area contributed by atoms with Crippen LogP contribution in [0.1, 0.15) is 32.1 Å². The lowest BCUT2D eigenvalue weighted by Gasteiger charge is -2.17. The molecule has 6 heteroatoms. The SMILES string of the molecule is CCCNC(C)c1nc2ccccc2n1CC(F)(F)F. The van der Waals surface area contributed by atoms with Crippen LogP contribution in [0.2, 0.25) is 0 Å². The van der Waals surface area contributed by atoms with Gasteiger partial charge in [0.25, 0.3) is 0 Å². The van der Waals surface area contributed by atoms with E-state index in [0.29, 0.717) is 16.9 Å². The quantitative estimate of drug-likeness (QED) is 0.908. The second-order valence-electron chi connectivity index (χ2n) is 4.84. The standard InChI is InChI=1S/C14H18F3N3/c1-3-8-18-10(2)13-19-11-6-4-5-7-12(11)20(13)9-14(15,16)17/h4-7,10,18H,3,8-9H2,1-2H3. The van der Waals surface area contributed by atoms with Crippen LogP contribution in [0.5, 0.6) is 0 Å². The van der Waals surface area contributed by atoms with E-state index in [2.05, 4.69) is 10.3 Å². The van der Waals surface area contributed by atoms with E-state index in [1.165, 1.54) is 4.57 Å². The molecule has 0 amide bonds. The second-order valence-corrected chi connectivity index (χ2v) is 4.84. The lowest BCUT2D eigenvalue weighted by molar-refractivity contribution is -0.140. The molecule has 1 heterocycles. The van der Waals surface area contributed by atoms with E-state index in [4.69, 9.17) is 0 Å². The van der Waals surface area contributed by atoms with Crippen molar-refractivity contribution in [3.8, 4) is 0 Å². The third-order valence-electron chi connectivity index (χ3n) is 3.11. The normalized spacial score (nSPS) is 13.8. The molecule has 0 fully saturated rings. The van der Waals surface area contributed by atoms with Crippen molar-refractivity contribution in [2.75, 3.05) is 6.54 Å². The molecule has 110 valence electrons. The van der Waals surface area contributed by atoms with Crippen molar-refractivity contribution in [1.82, 2.24) is 14.9 Å². The Bertz CT molecular complexity index is 575. The van der Waals surface area contributed by atoms with E-state index in [0.717, 1.165) is 13.0 Å². The van der Waals surface area contributed by atoms with Crippen LogP contribution in [-0.2, 0) is 6.54 Å². The van der Waals surface area contributed by atoms with Crippen molar-refractivity contribution in [2.45, 2.75) is 39.0 Å². The molecule has 1 N–H and O–H groups in total. The zero-order valence-electron chi connectivity index (χ0n) is 11.5. The van der Waals surface area contributed by atoms with Gasteiger partial charge in [0.15, 0.2) is 0 Å². The summed E-state index contributed by atoms with van der Waals surface area (Å²) in [4.78, 5) is 4.35. The lowest BCUT2D eigenvalue weighted by atomic mass is 10.3. The summed E-state index contributed by atoms with van der Waals surface area (Å²) in [6.07, 6.45) is -3.34. The Hall–Kier alpha value is -1.56. The molecule has 2 aromatic rings. The first-order chi connectivity index (χ1) is 9.42. The fraction of sp³-hybridized carbons (Fsp3) is 0.500. The minimum atomic E-state index is -4.26. The summed E-state index contributed by atoms with van der Waals surface area (Å²) in [5, 5.41) is 3.19. The molecule has 0 spiro atoms. The van der Waals surface area contributed by atoms with Crippen molar-refractivity contribution in [3.05, 3.63) is 30.1 Å². The zero-order valence-corrected chi connectivity index (χ0v) is 11.5. The van der Waals surface area contributed by atoms with E-state index >= 15 is 0 Å². The number of aromatic nitrogens is 2. The minimum absolute atomic E-state index is 0.218. The lowest BCUT2D eigenvalue weighted by Crippen LogP contribution is -2.26. The third-order valence-corrected chi connectivity index (χ3v) is 3.11. The van der Waals surface area contributed by atoms with Gasteiger partial charge in [-0.05, 0) is 32.0 Å². The van der Waals surface area contributed by atoms with Crippen molar-refractivity contribution in [1.29, 1.82) is 0 Å². The molecule has 20 heavy (non-hydrogen) atoms. The van der Waals surface area contributed by atoms with Crippen LogP contribution < -0.4 is 5.32 Å². The Balaban J connectivity index is 2.43. The van der Waals surface area contributed by atoms with Gasteiger partial charge in [0.05, 0.1) is 17.1 Å². The van der Waals surface area contributed by atoms with Gasteiger partial charge in [-0.15, -0.1) is 0 Å². The summed E-state index contributed by atoms with van der Waals surface area (Å²) >= 11 is 0. The summed E-state index contributed by atoms with van der Waals surface area (Å²) in [5.41, 5.74) is 1.11. The zero-order chi connectivity index (χ0) is 14.8. The van der Waals surface area contributed by atoms with E-state index in [1.54, 1.807) is 24.3 Å². The first-order valence-electron chi connectivity index (χ1n) is 6.67. The highest BCUT2D eigenvalue weighted by atomic mass is 19.4. The molecule has 0 aliphatic carbocycles. The highest BCUT2D eigenvalue weighted by molar-refractivity contribution is 5.76.